The van der Waals surface area contributed by atoms with Gasteiger partial charge in [0, 0.05) is 18.8 Å². The topological polar surface area (TPSA) is 63.7 Å². The molecule has 0 aliphatic carbocycles. The molecule has 1 amide bonds. The lowest BCUT2D eigenvalue weighted by molar-refractivity contribution is 0.0636. The van der Waals surface area contributed by atoms with Crippen LogP contribution in [-0.2, 0) is 4.74 Å². The molecule has 0 spiro atoms. The van der Waals surface area contributed by atoms with E-state index in [9.17, 15) is 4.79 Å². The second kappa shape index (κ2) is 7.95. The molecule has 0 atom stereocenters. The number of thiazole rings is 1. The van der Waals surface area contributed by atoms with Crippen molar-refractivity contribution in [3.05, 3.63) is 30.5 Å². The van der Waals surface area contributed by atoms with Gasteiger partial charge in [-0.15, -0.1) is 0 Å². The van der Waals surface area contributed by atoms with Crippen LogP contribution in [0.1, 0.15) is 40.0 Å². The lowest BCUT2D eigenvalue weighted by Gasteiger charge is -2.28. The van der Waals surface area contributed by atoms with Gasteiger partial charge >= 0.3 is 6.09 Å². The van der Waals surface area contributed by atoms with Crippen molar-refractivity contribution < 1.29 is 14.3 Å². The third kappa shape index (κ3) is 5.36. The smallest absolute Gasteiger partial charge is 0.413 e. The van der Waals surface area contributed by atoms with E-state index in [0.717, 1.165) is 18.8 Å². The van der Waals surface area contributed by atoms with Crippen molar-refractivity contribution in [3.8, 4) is 10.8 Å². The van der Waals surface area contributed by atoms with E-state index in [4.69, 9.17) is 9.47 Å². The highest BCUT2D eigenvalue weighted by Gasteiger charge is 2.17. The Morgan fingerprint density at radius 1 is 1.15 bits per heavy atom. The standard InChI is InChI=1S/C19H25N3O3S/c1-19(2,3)25-18(23)21-17-20-13-16(26-17)24-15-9-7-14(8-10-15)22-11-5-4-6-12-22/h7-10,13H,4-6,11-12H2,1-3H3,(H,20,21,23). The lowest BCUT2D eigenvalue weighted by atomic mass is 10.1. The number of ether oxygens (including phenoxy) is 2. The summed E-state index contributed by atoms with van der Waals surface area (Å²) in [5.41, 5.74) is 0.685. The minimum Gasteiger partial charge on any atom is -0.445 e. The molecule has 2 heterocycles. The molecule has 3 rings (SSSR count). The summed E-state index contributed by atoms with van der Waals surface area (Å²) >= 11 is 1.26. The SMILES string of the molecule is CC(C)(C)OC(=O)Nc1ncc(Oc2ccc(N3CCCCC3)cc2)s1. The summed E-state index contributed by atoms with van der Waals surface area (Å²) in [6, 6.07) is 8.10. The van der Waals surface area contributed by atoms with Gasteiger partial charge in [0.2, 0.25) is 5.06 Å². The van der Waals surface area contributed by atoms with Gasteiger partial charge in [0.15, 0.2) is 5.13 Å². The van der Waals surface area contributed by atoms with Crippen LogP contribution in [0.25, 0.3) is 0 Å². The average molecular weight is 375 g/mol. The number of benzene rings is 1. The third-order valence-corrected chi connectivity index (χ3v) is 4.66. The van der Waals surface area contributed by atoms with Gasteiger partial charge in [-0.25, -0.2) is 9.78 Å². The number of nitrogens with zero attached hydrogens (tertiary/aromatic N) is 2. The first kappa shape index (κ1) is 18.5. The fraction of sp³-hybridized carbons (Fsp3) is 0.474. The highest BCUT2D eigenvalue weighted by molar-refractivity contribution is 7.17. The molecule has 7 heteroatoms. The minimum absolute atomic E-state index is 0.444. The lowest BCUT2D eigenvalue weighted by Crippen LogP contribution is -2.29. The number of nitrogens with one attached hydrogen (secondary N) is 1. The fourth-order valence-corrected chi connectivity index (χ4v) is 3.42. The Labute approximate surface area is 158 Å². The number of hydrogen-bond acceptors (Lipinski definition) is 6. The van der Waals surface area contributed by atoms with E-state index in [1.54, 1.807) is 6.20 Å². The van der Waals surface area contributed by atoms with Crippen LogP contribution in [0.2, 0.25) is 0 Å². The van der Waals surface area contributed by atoms with E-state index in [0.29, 0.717) is 10.2 Å². The van der Waals surface area contributed by atoms with E-state index in [-0.39, 0.29) is 0 Å². The average Bonchev–Trinajstić information content (AvgIpc) is 3.01. The zero-order chi connectivity index (χ0) is 18.6. The summed E-state index contributed by atoms with van der Waals surface area (Å²) in [6.07, 6.45) is 4.90. The van der Waals surface area contributed by atoms with Gasteiger partial charge in [-0.1, -0.05) is 11.3 Å². The number of piperidine rings is 1. The second-order valence-corrected chi connectivity index (χ2v) is 8.25. The number of carbonyl (C=O) groups is 1. The number of aromatic nitrogens is 1. The molecule has 2 aromatic rings. The first-order chi connectivity index (χ1) is 12.4. The highest BCUT2D eigenvalue weighted by atomic mass is 32.1. The molecule has 0 unspecified atom stereocenters. The molecule has 0 bridgehead atoms. The highest BCUT2D eigenvalue weighted by Crippen LogP contribution is 2.31. The number of anilines is 2. The molecule has 1 saturated heterocycles. The molecule has 1 fully saturated rings. The number of hydrogen-bond donors (Lipinski definition) is 1. The van der Waals surface area contributed by atoms with Gasteiger partial charge in [-0.3, -0.25) is 5.32 Å². The van der Waals surface area contributed by atoms with E-state index >= 15 is 0 Å². The zero-order valence-electron chi connectivity index (χ0n) is 15.4. The van der Waals surface area contributed by atoms with Crippen LogP contribution in [0.5, 0.6) is 10.8 Å². The fourth-order valence-electron chi connectivity index (χ4n) is 2.75. The van der Waals surface area contributed by atoms with Crippen molar-refractivity contribution in [1.82, 2.24) is 4.98 Å². The quantitative estimate of drug-likeness (QED) is 0.788. The summed E-state index contributed by atoms with van der Waals surface area (Å²) in [6.45, 7) is 7.69. The van der Waals surface area contributed by atoms with Crippen molar-refractivity contribution in [1.29, 1.82) is 0 Å². The molecule has 1 aromatic heterocycles. The van der Waals surface area contributed by atoms with Gasteiger partial charge < -0.3 is 14.4 Å². The first-order valence-electron chi connectivity index (χ1n) is 8.88. The summed E-state index contributed by atoms with van der Waals surface area (Å²) in [5, 5.41) is 3.67. The van der Waals surface area contributed by atoms with E-state index in [1.807, 2.05) is 32.9 Å². The van der Waals surface area contributed by atoms with Gasteiger partial charge in [0.1, 0.15) is 11.4 Å². The molecular weight excluding hydrogens is 350 g/mol. The Kier molecular flexibility index (Phi) is 5.66. The van der Waals surface area contributed by atoms with Crippen LogP contribution in [0, 0.1) is 0 Å². The Morgan fingerprint density at radius 2 is 1.85 bits per heavy atom. The summed E-state index contributed by atoms with van der Waals surface area (Å²) in [4.78, 5) is 18.3. The molecule has 1 aliphatic rings. The Bertz CT molecular complexity index is 731. The van der Waals surface area contributed by atoms with Crippen molar-refractivity contribution in [3.63, 3.8) is 0 Å². The Hall–Kier alpha value is -2.28. The molecule has 1 aliphatic heterocycles. The van der Waals surface area contributed by atoms with Crippen LogP contribution in [0.15, 0.2) is 30.5 Å². The predicted molar refractivity (Wildman–Crippen MR) is 105 cm³/mol. The number of amides is 1. The maximum absolute atomic E-state index is 11.8. The number of carbonyl (C=O) groups excluding carboxylic acids is 1. The van der Waals surface area contributed by atoms with Crippen LogP contribution in [0.4, 0.5) is 15.6 Å². The van der Waals surface area contributed by atoms with Crippen molar-refractivity contribution in [2.24, 2.45) is 0 Å². The van der Waals surface area contributed by atoms with Gasteiger partial charge in [0.25, 0.3) is 0 Å². The minimum atomic E-state index is -0.545. The van der Waals surface area contributed by atoms with Gasteiger partial charge in [-0.2, -0.15) is 0 Å². The molecule has 0 saturated carbocycles. The third-order valence-electron chi connectivity index (χ3n) is 3.87. The molecule has 0 radical (unpaired) electrons. The Morgan fingerprint density at radius 3 is 2.50 bits per heavy atom. The molecule has 6 nitrogen and oxygen atoms in total. The molecular formula is C19H25N3O3S. The molecule has 1 aromatic carbocycles. The summed E-state index contributed by atoms with van der Waals surface area (Å²) < 4.78 is 11.0. The van der Waals surface area contributed by atoms with Gasteiger partial charge in [-0.05, 0) is 64.3 Å². The van der Waals surface area contributed by atoms with Crippen LogP contribution >= 0.6 is 11.3 Å². The van der Waals surface area contributed by atoms with Gasteiger partial charge in [0.05, 0.1) is 6.20 Å². The zero-order valence-corrected chi connectivity index (χ0v) is 16.3. The normalized spacial score (nSPS) is 14.8. The Balaban J connectivity index is 1.56. The predicted octanol–water partition coefficient (Wildman–Crippen LogP) is 5.27. The monoisotopic (exact) mass is 375 g/mol. The largest absolute Gasteiger partial charge is 0.445 e. The van der Waals surface area contributed by atoms with Crippen molar-refractivity contribution >= 4 is 28.2 Å². The maximum Gasteiger partial charge on any atom is 0.413 e. The molecule has 140 valence electrons. The van der Waals surface area contributed by atoms with Crippen molar-refractivity contribution in [2.75, 3.05) is 23.3 Å². The summed E-state index contributed by atoms with van der Waals surface area (Å²) in [5.74, 6) is 0.748. The van der Waals surface area contributed by atoms with E-state index < -0.39 is 11.7 Å². The number of rotatable bonds is 4. The van der Waals surface area contributed by atoms with Crippen molar-refractivity contribution in [2.45, 2.75) is 45.6 Å². The van der Waals surface area contributed by atoms with Crippen LogP contribution in [-0.4, -0.2) is 29.8 Å². The van der Waals surface area contributed by atoms with E-state index in [2.05, 4.69) is 27.3 Å². The van der Waals surface area contributed by atoms with Crippen LogP contribution in [0.3, 0.4) is 0 Å². The van der Waals surface area contributed by atoms with Crippen LogP contribution < -0.4 is 15.0 Å². The van der Waals surface area contributed by atoms with E-state index in [1.165, 1.54) is 36.3 Å². The molecule has 1 N–H and O–H groups in total. The second-order valence-electron chi connectivity index (χ2n) is 7.26. The first-order valence-corrected chi connectivity index (χ1v) is 9.69. The summed E-state index contributed by atoms with van der Waals surface area (Å²) in [7, 11) is 0. The molecule has 26 heavy (non-hydrogen) atoms. The maximum atomic E-state index is 11.8.